The normalized spacial score (nSPS) is 16.2. The molecule has 0 bridgehead atoms. The van der Waals surface area contributed by atoms with Crippen LogP contribution in [0.15, 0.2) is 30.5 Å². The number of hydrogen-bond acceptors (Lipinski definition) is 6. The van der Waals surface area contributed by atoms with Crippen LogP contribution in [0.3, 0.4) is 0 Å². The highest BCUT2D eigenvalue weighted by Gasteiger charge is 2.29. The summed E-state index contributed by atoms with van der Waals surface area (Å²) >= 11 is 0. The summed E-state index contributed by atoms with van der Waals surface area (Å²) in [5, 5.41) is 10.9. The van der Waals surface area contributed by atoms with Crippen LogP contribution in [0.2, 0.25) is 0 Å². The van der Waals surface area contributed by atoms with Crippen molar-refractivity contribution in [2.24, 2.45) is 0 Å². The minimum absolute atomic E-state index is 0. The minimum atomic E-state index is -0.377. The van der Waals surface area contributed by atoms with E-state index in [4.69, 9.17) is 5.73 Å². The van der Waals surface area contributed by atoms with E-state index in [-0.39, 0.29) is 34.9 Å². The fraction of sp³-hybridized carbons (Fsp3) is 0.231. The average Bonchev–Trinajstić information content (AvgIpc) is 2.76. The van der Waals surface area contributed by atoms with E-state index in [1.54, 1.807) is 24.4 Å². The summed E-state index contributed by atoms with van der Waals surface area (Å²) in [5.41, 5.74) is 7.60. The highest BCUT2D eigenvalue weighted by molar-refractivity contribution is 5.85. The Morgan fingerprint density at radius 1 is 1.43 bits per heavy atom. The second-order valence-corrected chi connectivity index (χ2v) is 4.78. The molecule has 0 aliphatic carbocycles. The van der Waals surface area contributed by atoms with Gasteiger partial charge >= 0.3 is 0 Å². The molecule has 1 aromatic carbocycles. The van der Waals surface area contributed by atoms with Gasteiger partial charge in [-0.25, -0.2) is 4.98 Å². The Labute approximate surface area is 127 Å². The fourth-order valence-electron chi connectivity index (χ4n) is 2.50. The monoisotopic (exact) mass is 307 g/mol. The van der Waals surface area contributed by atoms with Gasteiger partial charge in [0, 0.05) is 36.5 Å². The van der Waals surface area contributed by atoms with Crippen molar-refractivity contribution in [3.05, 3.63) is 46.1 Å². The first-order chi connectivity index (χ1) is 9.56. The maximum Gasteiger partial charge on any atom is 0.269 e. The van der Waals surface area contributed by atoms with E-state index in [1.807, 2.05) is 11.8 Å². The first-order valence-corrected chi connectivity index (χ1v) is 6.20. The van der Waals surface area contributed by atoms with Crippen molar-refractivity contribution in [3.8, 4) is 0 Å². The van der Waals surface area contributed by atoms with Crippen molar-refractivity contribution in [2.45, 2.75) is 12.8 Å². The molecule has 2 N–H and O–H groups in total. The van der Waals surface area contributed by atoms with E-state index in [9.17, 15) is 10.1 Å². The lowest BCUT2D eigenvalue weighted by Crippen LogP contribution is -2.16. The molecule has 2 aromatic rings. The SMILES string of the molecule is CC1CN(c2ccnc(N)n2)c2ccc([N+](=O)[O-])cc21.Cl. The molecule has 21 heavy (non-hydrogen) atoms. The van der Waals surface area contributed by atoms with Gasteiger partial charge in [-0.15, -0.1) is 12.4 Å². The number of fused-ring (bicyclic) bond motifs is 1. The van der Waals surface area contributed by atoms with Crippen molar-refractivity contribution < 1.29 is 4.92 Å². The third-order valence-corrected chi connectivity index (χ3v) is 3.44. The molecule has 7 nitrogen and oxygen atoms in total. The van der Waals surface area contributed by atoms with Gasteiger partial charge in [0.25, 0.3) is 5.69 Å². The molecule has 1 aliphatic rings. The summed E-state index contributed by atoms with van der Waals surface area (Å²) in [7, 11) is 0. The van der Waals surface area contributed by atoms with E-state index < -0.39 is 0 Å². The zero-order valence-corrected chi connectivity index (χ0v) is 12.1. The molecule has 0 spiro atoms. The lowest BCUT2D eigenvalue weighted by Gasteiger charge is -2.18. The van der Waals surface area contributed by atoms with Gasteiger partial charge in [0.05, 0.1) is 4.92 Å². The molecule has 0 radical (unpaired) electrons. The second kappa shape index (κ2) is 5.53. The molecule has 1 aromatic heterocycles. The van der Waals surface area contributed by atoms with Gasteiger partial charge < -0.3 is 10.6 Å². The van der Waals surface area contributed by atoms with Crippen molar-refractivity contribution in [1.82, 2.24) is 9.97 Å². The van der Waals surface area contributed by atoms with Crippen molar-refractivity contribution in [3.63, 3.8) is 0 Å². The number of nitro benzene ring substituents is 1. The summed E-state index contributed by atoms with van der Waals surface area (Å²) in [6.07, 6.45) is 1.60. The first-order valence-electron chi connectivity index (χ1n) is 6.20. The molecule has 110 valence electrons. The Kier molecular flexibility index (Phi) is 3.95. The van der Waals surface area contributed by atoms with Crippen molar-refractivity contribution in [1.29, 1.82) is 0 Å². The Balaban J connectivity index is 0.00000161. The van der Waals surface area contributed by atoms with E-state index >= 15 is 0 Å². The van der Waals surface area contributed by atoms with Crippen LogP contribution in [0.4, 0.5) is 23.1 Å². The Hall–Kier alpha value is -2.41. The van der Waals surface area contributed by atoms with E-state index in [1.165, 1.54) is 6.07 Å². The number of benzene rings is 1. The number of nitrogens with two attached hydrogens (primary N) is 1. The van der Waals surface area contributed by atoms with Crippen LogP contribution >= 0.6 is 12.4 Å². The Morgan fingerprint density at radius 2 is 2.19 bits per heavy atom. The first kappa shape index (κ1) is 15.0. The average molecular weight is 308 g/mol. The zero-order chi connectivity index (χ0) is 14.3. The predicted octanol–water partition coefficient (Wildman–Crippen LogP) is 2.64. The number of nitro groups is 1. The summed E-state index contributed by atoms with van der Waals surface area (Å²) in [6.45, 7) is 2.75. The van der Waals surface area contributed by atoms with Gasteiger partial charge in [0.1, 0.15) is 5.82 Å². The Bertz CT molecular complexity index is 694. The van der Waals surface area contributed by atoms with Crippen LogP contribution in [0.5, 0.6) is 0 Å². The molecular weight excluding hydrogens is 294 g/mol. The van der Waals surface area contributed by atoms with Crippen LogP contribution in [-0.2, 0) is 0 Å². The molecule has 0 fully saturated rings. The molecule has 0 saturated heterocycles. The highest BCUT2D eigenvalue weighted by Crippen LogP contribution is 2.41. The van der Waals surface area contributed by atoms with Crippen LogP contribution in [-0.4, -0.2) is 21.4 Å². The number of aromatic nitrogens is 2. The molecule has 0 saturated carbocycles. The summed E-state index contributed by atoms with van der Waals surface area (Å²) in [6, 6.07) is 6.67. The number of non-ortho nitro benzene ring substituents is 1. The molecule has 0 amide bonds. The number of halogens is 1. The summed E-state index contributed by atoms with van der Waals surface area (Å²) < 4.78 is 0. The maximum absolute atomic E-state index is 10.9. The van der Waals surface area contributed by atoms with Gasteiger partial charge in [0.15, 0.2) is 0 Å². The van der Waals surface area contributed by atoms with Gasteiger partial charge in [-0.05, 0) is 17.7 Å². The van der Waals surface area contributed by atoms with Gasteiger partial charge in [-0.1, -0.05) is 6.92 Å². The smallest absolute Gasteiger partial charge is 0.269 e. The molecule has 3 rings (SSSR count). The van der Waals surface area contributed by atoms with E-state index in [2.05, 4.69) is 9.97 Å². The highest BCUT2D eigenvalue weighted by atomic mass is 35.5. The molecule has 8 heteroatoms. The minimum Gasteiger partial charge on any atom is -0.368 e. The largest absolute Gasteiger partial charge is 0.368 e. The van der Waals surface area contributed by atoms with Crippen LogP contribution in [0, 0.1) is 10.1 Å². The molecule has 1 aliphatic heterocycles. The number of anilines is 3. The van der Waals surface area contributed by atoms with Crippen LogP contribution in [0.25, 0.3) is 0 Å². The maximum atomic E-state index is 10.9. The molecule has 1 unspecified atom stereocenters. The quantitative estimate of drug-likeness (QED) is 0.676. The van der Waals surface area contributed by atoms with Crippen molar-refractivity contribution in [2.75, 3.05) is 17.2 Å². The Morgan fingerprint density at radius 3 is 2.86 bits per heavy atom. The fourth-order valence-corrected chi connectivity index (χ4v) is 2.50. The van der Waals surface area contributed by atoms with Gasteiger partial charge in [0.2, 0.25) is 5.95 Å². The molecular formula is C13H14ClN5O2. The second-order valence-electron chi connectivity index (χ2n) is 4.78. The third-order valence-electron chi connectivity index (χ3n) is 3.44. The van der Waals surface area contributed by atoms with Crippen molar-refractivity contribution >= 4 is 35.5 Å². The van der Waals surface area contributed by atoms with E-state index in [0.717, 1.165) is 11.3 Å². The van der Waals surface area contributed by atoms with E-state index in [0.29, 0.717) is 12.4 Å². The predicted molar refractivity (Wildman–Crippen MR) is 82.2 cm³/mol. The van der Waals surface area contributed by atoms with Gasteiger partial charge in [-0.2, -0.15) is 4.98 Å². The standard InChI is InChI=1S/C13H13N5O2.ClH/c1-8-7-17(12-4-5-15-13(14)16-12)11-3-2-9(18(19)20)6-10(8)11;/h2-6,8H,7H2,1H3,(H2,14,15,16);1H. The lowest BCUT2D eigenvalue weighted by molar-refractivity contribution is -0.384. The zero-order valence-electron chi connectivity index (χ0n) is 11.3. The number of hydrogen-bond donors (Lipinski definition) is 1. The van der Waals surface area contributed by atoms with Crippen LogP contribution < -0.4 is 10.6 Å². The number of nitrogen functional groups attached to an aromatic ring is 1. The molecule has 2 heterocycles. The lowest BCUT2D eigenvalue weighted by atomic mass is 10.0. The number of nitrogens with zero attached hydrogens (tertiary/aromatic N) is 4. The summed E-state index contributed by atoms with van der Waals surface area (Å²) in [4.78, 5) is 20.6. The third kappa shape index (κ3) is 2.59. The van der Waals surface area contributed by atoms with Gasteiger partial charge in [-0.3, -0.25) is 10.1 Å². The molecule has 1 atom stereocenters. The summed E-state index contributed by atoms with van der Waals surface area (Å²) in [5.74, 6) is 1.11. The number of rotatable bonds is 2. The topological polar surface area (TPSA) is 98.2 Å². The van der Waals surface area contributed by atoms with Crippen LogP contribution in [0.1, 0.15) is 18.4 Å².